The van der Waals surface area contributed by atoms with Gasteiger partial charge in [0.15, 0.2) is 0 Å². The number of nitrogens with one attached hydrogen (secondary N) is 2. The number of aliphatic carboxylic acids is 1. The van der Waals surface area contributed by atoms with Crippen LogP contribution in [0.2, 0.25) is 0 Å². The predicted molar refractivity (Wildman–Crippen MR) is 80.6 cm³/mol. The molecule has 112 valence electrons. The smallest absolute Gasteiger partial charge is 0.305 e. The number of hydrogen-bond acceptors (Lipinski definition) is 6. The standard InChI is InChI=1S/C13H16N4O3S/c1-7-8(2)21-13-11(7)12(16-6-17-13)15-5-9(18)14-4-3-10(19)20/h6H,3-5H2,1-2H3,(H,14,18)(H,19,20)(H,15,16,17). The van der Waals surface area contributed by atoms with Crippen molar-refractivity contribution in [1.82, 2.24) is 15.3 Å². The van der Waals surface area contributed by atoms with E-state index in [0.717, 1.165) is 15.8 Å². The highest BCUT2D eigenvalue weighted by molar-refractivity contribution is 7.18. The van der Waals surface area contributed by atoms with E-state index in [4.69, 9.17) is 5.11 Å². The lowest BCUT2D eigenvalue weighted by Crippen LogP contribution is -2.31. The van der Waals surface area contributed by atoms with Gasteiger partial charge in [-0.25, -0.2) is 9.97 Å². The largest absolute Gasteiger partial charge is 0.481 e. The van der Waals surface area contributed by atoms with Gasteiger partial charge in [-0.3, -0.25) is 9.59 Å². The molecular weight excluding hydrogens is 292 g/mol. The zero-order chi connectivity index (χ0) is 15.4. The van der Waals surface area contributed by atoms with Crippen molar-refractivity contribution in [1.29, 1.82) is 0 Å². The summed E-state index contributed by atoms with van der Waals surface area (Å²) >= 11 is 1.59. The second kappa shape index (κ2) is 6.49. The lowest BCUT2D eigenvalue weighted by Gasteiger charge is -2.07. The maximum atomic E-state index is 11.6. The Kier molecular flexibility index (Phi) is 4.69. The van der Waals surface area contributed by atoms with Crippen molar-refractivity contribution >= 4 is 39.2 Å². The molecule has 0 aliphatic rings. The number of carboxylic acid groups (broad SMARTS) is 1. The molecule has 0 radical (unpaired) electrons. The number of fused-ring (bicyclic) bond motifs is 1. The summed E-state index contributed by atoms with van der Waals surface area (Å²) < 4.78 is 0. The molecule has 0 fully saturated rings. The van der Waals surface area contributed by atoms with Gasteiger partial charge < -0.3 is 15.7 Å². The fourth-order valence-corrected chi connectivity index (χ4v) is 2.85. The number of anilines is 1. The number of aryl methyl sites for hydroxylation is 2. The number of nitrogens with zero attached hydrogens (tertiary/aromatic N) is 2. The van der Waals surface area contributed by atoms with Gasteiger partial charge in [0.05, 0.1) is 18.4 Å². The van der Waals surface area contributed by atoms with Crippen molar-refractivity contribution in [2.24, 2.45) is 0 Å². The molecule has 3 N–H and O–H groups in total. The molecule has 0 spiro atoms. The minimum absolute atomic E-state index is 0.0417. The zero-order valence-electron chi connectivity index (χ0n) is 11.8. The molecule has 21 heavy (non-hydrogen) atoms. The molecule has 2 rings (SSSR count). The van der Waals surface area contributed by atoms with Gasteiger partial charge in [0, 0.05) is 11.4 Å². The molecule has 0 aliphatic heterocycles. The minimum Gasteiger partial charge on any atom is -0.481 e. The Labute approximate surface area is 125 Å². The molecule has 0 aliphatic carbocycles. The topological polar surface area (TPSA) is 104 Å². The Hall–Kier alpha value is -2.22. The number of carboxylic acids is 1. The van der Waals surface area contributed by atoms with E-state index in [1.807, 2.05) is 13.8 Å². The van der Waals surface area contributed by atoms with Gasteiger partial charge in [0.1, 0.15) is 17.0 Å². The summed E-state index contributed by atoms with van der Waals surface area (Å²) in [4.78, 5) is 32.4. The summed E-state index contributed by atoms with van der Waals surface area (Å²) in [5, 5.41) is 14.9. The van der Waals surface area contributed by atoms with Gasteiger partial charge >= 0.3 is 5.97 Å². The lowest BCUT2D eigenvalue weighted by molar-refractivity contribution is -0.136. The second-order valence-corrected chi connectivity index (χ2v) is 5.74. The number of thiophene rings is 1. The molecule has 0 saturated heterocycles. The second-order valence-electron chi connectivity index (χ2n) is 4.53. The fourth-order valence-electron chi connectivity index (χ4n) is 1.85. The van der Waals surface area contributed by atoms with E-state index in [1.165, 1.54) is 11.2 Å². The molecule has 7 nitrogen and oxygen atoms in total. The van der Waals surface area contributed by atoms with Crippen LogP contribution in [0.5, 0.6) is 0 Å². The van der Waals surface area contributed by atoms with E-state index in [0.29, 0.717) is 5.82 Å². The third-order valence-corrected chi connectivity index (χ3v) is 4.16. The molecule has 2 aromatic heterocycles. The van der Waals surface area contributed by atoms with E-state index in [2.05, 4.69) is 20.6 Å². The van der Waals surface area contributed by atoms with Crippen molar-refractivity contribution in [3.05, 3.63) is 16.8 Å². The molecule has 0 saturated carbocycles. The summed E-state index contributed by atoms with van der Waals surface area (Å²) in [7, 11) is 0. The highest BCUT2D eigenvalue weighted by Gasteiger charge is 2.12. The summed E-state index contributed by atoms with van der Waals surface area (Å²) in [6.07, 6.45) is 1.37. The Morgan fingerprint density at radius 2 is 2.10 bits per heavy atom. The van der Waals surface area contributed by atoms with Crippen molar-refractivity contribution in [2.75, 3.05) is 18.4 Å². The average Bonchev–Trinajstić information content (AvgIpc) is 2.72. The SMILES string of the molecule is Cc1sc2ncnc(NCC(=O)NCCC(=O)O)c2c1C. The first kappa shape index (κ1) is 15.2. The van der Waals surface area contributed by atoms with Crippen molar-refractivity contribution in [2.45, 2.75) is 20.3 Å². The van der Waals surface area contributed by atoms with Crippen LogP contribution in [0, 0.1) is 13.8 Å². The van der Waals surface area contributed by atoms with Gasteiger partial charge in [0.25, 0.3) is 0 Å². The average molecular weight is 308 g/mol. The number of aromatic nitrogens is 2. The normalized spacial score (nSPS) is 10.6. The third kappa shape index (κ3) is 3.66. The maximum Gasteiger partial charge on any atom is 0.305 e. The molecule has 0 aromatic carbocycles. The van der Waals surface area contributed by atoms with E-state index >= 15 is 0 Å². The Morgan fingerprint density at radius 1 is 1.33 bits per heavy atom. The maximum absolute atomic E-state index is 11.6. The van der Waals surface area contributed by atoms with E-state index < -0.39 is 5.97 Å². The molecule has 8 heteroatoms. The van der Waals surface area contributed by atoms with Crippen LogP contribution in [0.25, 0.3) is 10.2 Å². The first-order chi connectivity index (χ1) is 9.99. The molecule has 1 amide bonds. The first-order valence-corrected chi connectivity index (χ1v) is 7.23. The van der Waals surface area contributed by atoms with E-state index in [9.17, 15) is 9.59 Å². The fraction of sp³-hybridized carbons (Fsp3) is 0.385. The Balaban J connectivity index is 2.00. The van der Waals surface area contributed by atoms with Crippen LogP contribution in [0.15, 0.2) is 6.33 Å². The highest BCUT2D eigenvalue weighted by atomic mass is 32.1. The van der Waals surface area contributed by atoms with E-state index in [-0.39, 0.29) is 25.4 Å². The van der Waals surface area contributed by atoms with Crippen molar-refractivity contribution in [3.63, 3.8) is 0 Å². The highest BCUT2D eigenvalue weighted by Crippen LogP contribution is 2.32. The molecule has 0 bridgehead atoms. The van der Waals surface area contributed by atoms with Crippen LogP contribution >= 0.6 is 11.3 Å². The van der Waals surface area contributed by atoms with Crippen molar-refractivity contribution < 1.29 is 14.7 Å². The summed E-state index contributed by atoms with van der Waals surface area (Å²) in [5.41, 5.74) is 1.10. The third-order valence-electron chi connectivity index (χ3n) is 3.04. The van der Waals surface area contributed by atoms with Crippen LogP contribution in [0.4, 0.5) is 5.82 Å². The van der Waals surface area contributed by atoms with Crippen LogP contribution < -0.4 is 10.6 Å². The first-order valence-electron chi connectivity index (χ1n) is 6.42. The number of rotatable bonds is 6. The summed E-state index contributed by atoms with van der Waals surface area (Å²) in [5.74, 6) is -0.590. The van der Waals surface area contributed by atoms with Gasteiger partial charge in [-0.05, 0) is 19.4 Å². The van der Waals surface area contributed by atoms with Crippen LogP contribution in [0.3, 0.4) is 0 Å². The van der Waals surface area contributed by atoms with Gasteiger partial charge in [-0.2, -0.15) is 0 Å². The Bertz CT molecular complexity index is 683. The van der Waals surface area contributed by atoms with Gasteiger partial charge in [0.2, 0.25) is 5.91 Å². The monoisotopic (exact) mass is 308 g/mol. The molecule has 0 unspecified atom stereocenters. The summed E-state index contributed by atoms with van der Waals surface area (Å²) in [6.45, 7) is 4.17. The van der Waals surface area contributed by atoms with Crippen LogP contribution in [-0.2, 0) is 9.59 Å². The molecular formula is C13H16N4O3S. The quantitative estimate of drug-likeness (QED) is 0.743. The van der Waals surface area contributed by atoms with Crippen molar-refractivity contribution in [3.8, 4) is 0 Å². The van der Waals surface area contributed by atoms with Gasteiger partial charge in [-0.1, -0.05) is 0 Å². The lowest BCUT2D eigenvalue weighted by atomic mass is 10.2. The molecule has 2 aromatic rings. The van der Waals surface area contributed by atoms with Crippen LogP contribution in [-0.4, -0.2) is 40.0 Å². The number of amides is 1. The van der Waals surface area contributed by atoms with Crippen LogP contribution in [0.1, 0.15) is 16.9 Å². The minimum atomic E-state index is -0.940. The summed E-state index contributed by atoms with van der Waals surface area (Å²) in [6, 6.07) is 0. The number of carbonyl (C=O) groups excluding carboxylic acids is 1. The molecule has 0 atom stereocenters. The molecule has 2 heterocycles. The van der Waals surface area contributed by atoms with E-state index in [1.54, 1.807) is 11.3 Å². The zero-order valence-corrected chi connectivity index (χ0v) is 12.6. The number of hydrogen-bond donors (Lipinski definition) is 3. The Morgan fingerprint density at radius 3 is 2.81 bits per heavy atom. The van der Waals surface area contributed by atoms with Gasteiger partial charge in [-0.15, -0.1) is 11.3 Å². The predicted octanol–water partition coefficient (Wildman–Crippen LogP) is 1.31. The number of carbonyl (C=O) groups is 2.